The number of nitrogens with one attached hydrogen (secondary N) is 2. The molecule has 11 heteroatoms. The van der Waals surface area contributed by atoms with Gasteiger partial charge in [0.2, 0.25) is 0 Å². The summed E-state index contributed by atoms with van der Waals surface area (Å²) in [5.41, 5.74) is 2.56. The van der Waals surface area contributed by atoms with Crippen molar-refractivity contribution in [2.75, 3.05) is 31.8 Å². The number of anilines is 2. The summed E-state index contributed by atoms with van der Waals surface area (Å²) < 4.78 is 6.66. The van der Waals surface area contributed by atoms with Crippen LogP contribution in [0, 0.1) is 6.92 Å². The summed E-state index contributed by atoms with van der Waals surface area (Å²) in [5, 5.41) is 11.8. The number of methoxy groups -OCH3 is 1. The second-order valence-electron chi connectivity index (χ2n) is 7.08. The quantitative estimate of drug-likeness (QED) is 0.393. The van der Waals surface area contributed by atoms with Crippen molar-refractivity contribution in [2.24, 2.45) is 0 Å². The minimum atomic E-state index is -0.544. The molecule has 32 heavy (non-hydrogen) atoms. The first kappa shape index (κ1) is 23.7. The molecule has 2 N–H and O–H groups in total. The van der Waals surface area contributed by atoms with Crippen molar-refractivity contribution in [3.63, 3.8) is 0 Å². The number of aromatic nitrogens is 2. The molecule has 0 saturated carbocycles. The lowest BCUT2D eigenvalue weighted by atomic mass is 10.1. The number of esters is 1. The number of nitrogens with zero attached hydrogens (tertiary/aromatic N) is 3. The van der Waals surface area contributed by atoms with Gasteiger partial charge in [0.15, 0.2) is 5.11 Å². The Hall–Kier alpha value is -2.95. The van der Waals surface area contributed by atoms with Crippen molar-refractivity contribution in [1.29, 1.82) is 0 Å². The Bertz CT molecular complexity index is 1150. The Morgan fingerprint density at radius 2 is 1.94 bits per heavy atom. The highest BCUT2D eigenvalue weighted by molar-refractivity contribution is 7.80. The Morgan fingerprint density at radius 3 is 2.56 bits per heavy atom. The molecular weight excluding hydrogens is 470 g/mol. The molecular formula is C21H22ClN5O3S2. The van der Waals surface area contributed by atoms with Gasteiger partial charge in [-0.15, -0.1) is 11.3 Å². The number of carbonyl (C=O) groups is 2. The highest BCUT2D eigenvalue weighted by Gasteiger charge is 2.26. The predicted octanol–water partition coefficient (Wildman–Crippen LogP) is 4.25. The monoisotopic (exact) mass is 491 g/mol. The van der Waals surface area contributed by atoms with Gasteiger partial charge in [0.1, 0.15) is 5.00 Å². The molecule has 2 heterocycles. The van der Waals surface area contributed by atoms with E-state index in [1.54, 1.807) is 31.9 Å². The second kappa shape index (κ2) is 10.1. The number of ether oxygens (including phenoxy) is 1. The molecule has 1 aromatic carbocycles. The van der Waals surface area contributed by atoms with Gasteiger partial charge in [-0.2, -0.15) is 5.10 Å². The number of hydrogen-bond acceptors (Lipinski definition) is 6. The summed E-state index contributed by atoms with van der Waals surface area (Å²) in [6.45, 7) is 2.29. The fourth-order valence-corrected chi connectivity index (χ4v) is 4.54. The third-order valence-electron chi connectivity index (χ3n) is 4.51. The maximum atomic E-state index is 12.5. The van der Waals surface area contributed by atoms with E-state index < -0.39 is 5.97 Å². The topological polar surface area (TPSA) is 88.5 Å². The molecule has 0 aliphatic carbocycles. The molecule has 1 amide bonds. The van der Waals surface area contributed by atoms with Crippen LogP contribution in [0.4, 0.5) is 10.7 Å². The van der Waals surface area contributed by atoms with E-state index in [-0.39, 0.29) is 16.6 Å². The first-order valence-corrected chi connectivity index (χ1v) is 11.1. The number of amides is 1. The Morgan fingerprint density at radius 1 is 1.25 bits per heavy atom. The van der Waals surface area contributed by atoms with Crippen molar-refractivity contribution in [1.82, 2.24) is 14.7 Å². The number of thiophene rings is 1. The Labute approximate surface area is 200 Å². The Balaban J connectivity index is 1.74. The number of halogens is 1. The second-order valence-corrected chi connectivity index (χ2v) is 8.95. The van der Waals surface area contributed by atoms with Gasteiger partial charge < -0.3 is 20.3 Å². The molecule has 0 unspecified atom stereocenters. The van der Waals surface area contributed by atoms with Crippen molar-refractivity contribution >= 4 is 62.8 Å². The molecule has 0 aliphatic heterocycles. The molecule has 3 rings (SSSR count). The molecule has 3 aromatic rings. The Kier molecular flexibility index (Phi) is 7.49. The van der Waals surface area contributed by atoms with Gasteiger partial charge in [-0.25, -0.2) is 4.79 Å². The van der Waals surface area contributed by atoms with Crippen LogP contribution in [0.1, 0.15) is 31.2 Å². The molecule has 0 aliphatic rings. The number of rotatable bonds is 6. The first-order valence-electron chi connectivity index (χ1n) is 9.47. The van der Waals surface area contributed by atoms with Crippen molar-refractivity contribution < 1.29 is 14.3 Å². The zero-order valence-corrected chi connectivity index (χ0v) is 20.3. The summed E-state index contributed by atoms with van der Waals surface area (Å²) in [6.07, 6.45) is 3.45. The SMILES string of the molecule is COC(=O)c1c(NC(=S)Nc2cnn(Cc3ccc(Cl)cc3)c2)sc(C(=O)N(C)C)c1C. The molecule has 0 radical (unpaired) electrons. The number of thiocarbonyl (C=S) groups is 1. The van der Waals surface area contributed by atoms with Crippen LogP contribution < -0.4 is 10.6 Å². The van der Waals surface area contributed by atoms with Gasteiger partial charge in [0, 0.05) is 25.3 Å². The maximum Gasteiger partial charge on any atom is 0.341 e. The smallest absolute Gasteiger partial charge is 0.341 e. The van der Waals surface area contributed by atoms with E-state index >= 15 is 0 Å². The van der Waals surface area contributed by atoms with Gasteiger partial charge in [-0.3, -0.25) is 9.48 Å². The normalized spacial score (nSPS) is 10.5. The van der Waals surface area contributed by atoms with Crippen LogP contribution in [0.3, 0.4) is 0 Å². The summed E-state index contributed by atoms with van der Waals surface area (Å²) in [4.78, 5) is 26.7. The van der Waals surface area contributed by atoms with Gasteiger partial charge in [0.25, 0.3) is 5.91 Å². The van der Waals surface area contributed by atoms with E-state index in [4.69, 9.17) is 28.6 Å². The van der Waals surface area contributed by atoms with Gasteiger partial charge in [-0.05, 0) is 42.4 Å². The van der Waals surface area contributed by atoms with Crippen LogP contribution >= 0.6 is 35.2 Å². The third-order valence-corrected chi connectivity index (χ3v) is 6.16. The number of benzene rings is 1. The van der Waals surface area contributed by atoms with Crippen LogP contribution in [0.25, 0.3) is 0 Å². The largest absolute Gasteiger partial charge is 0.465 e. The lowest BCUT2D eigenvalue weighted by Crippen LogP contribution is -2.21. The van der Waals surface area contributed by atoms with E-state index in [9.17, 15) is 9.59 Å². The third kappa shape index (κ3) is 5.45. The van der Waals surface area contributed by atoms with E-state index in [2.05, 4.69) is 15.7 Å². The summed E-state index contributed by atoms with van der Waals surface area (Å²) >= 11 is 12.5. The van der Waals surface area contributed by atoms with Crippen LogP contribution in [-0.2, 0) is 11.3 Å². The highest BCUT2D eigenvalue weighted by Crippen LogP contribution is 2.34. The summed E-state index contributed by atoms with van der Waals surface area (Å²) in [6, 6.07) is 7.53. The van der Waals surface area contributed by atoms with Crippen LogP contribution in [0.2, 0.25) is 5.02 Å². The molecule has 0 spiro atoms. The minimum Gasteiger partial charge on any atom is -0.465 e. The lowest BCUT2D eigenvalue weighted by molar-refractivity contribution is 0.0601. The maximum absolute atomic E-state index is 12.5. The van der Waals surface area contributed by atoms with Crippen molar-refractivity contribution in [3.05, 3.63) is 63.2 Å². The van der Waals surface area contributed by atoms with E-state index in [1.165, 1.54) is 12.0 Å². The van der Waals surface area contributed by atoms with E-state index in [0.29, 0.717) is 32.7 Å². The molecule has 8 nitrogen and oxygen atoms in total. The fourth-order valence-electron chi connectivity index (χ4n) is 2.91. The van der Waals surface area contributed by atoms with Crippen molar-refractivity contribution in [2.45, 2.75) is 13.5 Å². The molecule has 168 valence electrons. The average molecular weight is 492 g/mol. The lowest BCUT2D eigenvalue weighted by Gasteiger charge is -2.09. The number of hydrogen-bond donors (Lipinski definition) is 2. The highest BCUT2D eigenvalue weighted by atomic mass is 35.5. The van der Waals surface area contributed by atoms with Gasteiger partial charge >= 0.3 is 5.97 Å². The van der Waals surface area contributed by atoms with Crippen molar-refractivity contribution in [3.8, 4) is 0 Å². The molecule has 0 atom stereocenters. The fraction of sp³-hybridized carbons (Fsp3) is 0.238. The van der Waals surface area contributed by atoms with Crippen LogP contribution in [0.15, 0.2) is 36.7 Å². The predicted molar refractivity (Wildman–Crippen MR) is 131 cm³/mol. The zero-order chi connectivity index (χ0) is 23.4. The number of carbonyl (C=O) groups excluding carboxylic acids is 2. The summed E-state index contributed by atoms with van der Waals surface area (Å²) in [5.74, 6) is -0.745. The van der Waals surface area contributed by atoms with E-state index in [0.717, 1.165) is 16.9 Å². The van der Waals surface area contributed by atoms with E-state index in [1.807, 2.05) is 30.5 Å². The molecule has 0 bridgehead atoms. The molecule has 0 fully saturated rings. The van der Waals surface area contributed by atoms with Gasteiger partial charge in [0.05, 0.1) is 36.0 Å². The van der Waals surface area contributed by atoms with Gasteiger partial charge in [-0.1, -0.05) is 23.7 Å². The van der Waals surface area contributed by atoms with Crippen LogP contribution in [-0.4, -0.2) is 52.9 Å². The summed E-state index contributed by atoms with van der Waals surface area (Å²) in [7, 11) is 4.60. The molecule has 0 saturated heterocycles. The van der Waals surface area contributed by atoms with Crippen LogP contribution in [0.5, 0.6) is 0 Å². The first-order chi connectivity index (χ1) is 15.2. The minimum absolute atomic E-state index is 0.201. The zero-order valence-electron chi connectivity index (χ0n) is 17.9. The standard InChI is InChI=1S/C21H22ClN5O3S2/c1-12-16(20(29)30-4)18(32-17(12)19(28)26(2)3)25-21(31)24-15-9-23-27(11-15)10-13-5-7-14(22)8-6-13/h5-9,11H,10H2,1-4H3,(H2,24,25,31). The average Bonchev–Trinajstić information content (AvgIpc) is 3.32. The molecule has 2 aromatic heterocycles.